The zero-order valence-electron chi connectivity index (χ0n) is 12.3. The van der Waals surface area contributed by atoms with Gasteiger partial charge in [0.2, 0.25) is 0 Å². The molecule has 0 radical (unpaired) electrons. The second-order valence-electron chi connectivity index (χ2n) is 5.09. The van der Waals surface area contributed by atoms with Crippen LogP contribution in [-0.2, 0) is 16.1 Å². The highest BCUT2D eigenvalue weighted by Gasteiger charge is 2.03. The molecule has 2 nitrogen and oxygen atoms in total. The largest absolute Gasteiger partial charge is 0.379 e. The minimum Gasteiger partial charge on any atom is -0.379 e. The molecule has 0 bridgehead atoms. The molecular formula is C19H20O2. The summed E-state index contributed by atoms with van der Waals surface area (Å²) in [6, 6.07) is 19.4. The molecule has 2 heteroatoms. The van der Waals surface area contributed by atoms with Gasteiger partial charge < -0.3 is 9.47 Å². The van der Waals surface area contributed by atoms with Gasteiger partial charge in [-0.1, -0.05) is 42.5 Å². The third kappa shape index (κ3) is 3.23. The van der Waals surface area contributed by atoms with Crippen LogP contribution < -0.4 is 0 Å². The normalized spacial score (nSPS) is 11.3. The van der Waals surface area contributed by atoms with E-state index in [4.69, 9.17) is 9.47 Å². The molecule has 3 rings (SSSR count). The molecule has 21 heavy (non-hydrogen) atoms. The Bertz CT molecular complexity index is 734. The minimum atomic E-state index is 0.628. The third-order valence-corrected chi connectivity index (χ3v) is 3.67. The van der Waals surface area contributed by atoms with Gasteiger partial charge in [0.05, 0.1) is 19.8 Å². The standard InChI is InChI=1S/C19H20O2/c1-2-20-10-11-21-14-18-9-5-8-17-12-15-6-3-4-7-16(15)13-19(17)18/h3-9,12-13H,2,10-11,14H2,1H3. The van der Waals surface area contributed by atoms with Gasteiger partial charge in [0.25, 0.3) is 0 Å². The predicted octanol–water partition coefficient (Wildman–Crippen LogP) is 4.55. The molecule has 0 aliphatic heterocycles. The van der Waals surface area contributed by atoms with Crippen molar-refractivity contribution in [2.75, 3.05) is 19.8 Å². The summed E-state index contributed by atoms with van der Waals surface area (Å²) >= 11 is 0. The maximum atomic E-state index is 5.72. The summed E-state index contributed by atoms with van der Waals surface area (Å²) in [5, 5.41) is 5.08. The first-order chi connectivity index (χ1) is 10.4. The van der Waals surface area contributed by atoms with Crippen LogP contribution in [0.3, 0.4) is 0 Å². The SMILES string of the molecule is CCOCCOCc1cccc2cc3ccccc3cc12. The zero-order chi connectivity index (χ0) is 14.5. The summed E-state index contributed by atoms with van der Waals surface area (Å²) in [5.41, 5.74) is 1.23. The Morgan fingerprint density at radius 3 is 2.29 bits per heavy atom. The van der Waals surface area contributed by atoms with Crippen molar-refractivity contribution in [3.05, 3.63) is 60.2 Å². The first kappa shape index (κ1) is 14.1. The summed E-state index contributed by atoms with van der Waals surface area (Å²) in [6.45, 7) is 4.66. The molecule has 0 unspecified atom stereocenters. The van der Waals surface area contributed by atoms with E-state index in [1.54, 1.807) is 0 Å². The molecule has 0 aliphatic carbocycles. The lowest BCUT2D eigenvalue weighted by molar-refractivity contribution is 0.0457. The molecule has 0 saturated carbocycles. The number of hydrogen-bond acceptors (Lipinski definition) is 2. The highest BCUT2D eigenvalue weighted by atomic mass is 16.5. The summed E-state index contributed by atoms with van der Waals surface area (Å²) in [4.78, 5) is 0. The number of rotatable bonds is 6. The first-order valence-electron chi connectivity index (χ1n) is 7.44. The van der Waals surface area contributed by atoms with Crippen LogP contribution in [-0.4, -0.2) is 19.8 Å². The van der Waals surface area contributed by atoms with Crippen LogP contribution in [0.15, 0.2) is 54.6 Å². The Morgan fingerprint density at radius 2 is 1.48 bits per heavy atom. The van der Waals surface area contributed by atoms with Gasteiger partial charge in [-0.15, -0.1) is 0 Å². The van der Waals surface area contributed by atoms with Crippen molar-refractivity contribution in [1.82, 2.24) is 0 Å². The van der Waals surface area contributed by atoms with E-state index in [0.29, 0.717) is 19.8 Å². The van der Waals surface area contributed by atoms with Crippen molar-refractivity contribution in [3.8, 4) is 0 Å². The van der Waals surface area contributed by atoms with E-state index in [2.05, 4.69) is 54.6 Å². The average Bonchev–Trinajstić information content (AvgIpc) is 2.53. The van der Waals surface area contributed by atoms with Crippen molar-refractivity contribution < 1.29 is 9.47 Å². The van der Waals surface area contributed by atoms with Crippen LogP contribution in [0, 0.1) is 0 Å². The topological polar surface area (TPSA) is 18.5 Å². The van der Waals surface area contributed by atoms with Gasteiger partial charge in [-0.2, -0.15) is 0 Å². The summed E-state index contributed by atoms with van der Waals surface area (Å²) in [5.74, 6) is 0. The molecule has 0 fully saturated rings. The van der Waals surface area contributed by atoms with Crippen LogP contribution in [0.5, 0.6) is 0 Å². The van der Waals surface area contributed by atoms with Gasteiger partial charge in [-0.3, -0.25) is 0 Å². The van der Waals surface area contributed by atoms with E-state index in [1.807, 2.05) is 6.92 Å². The van der Waals surface area contributed by atoms with Crippen molar-refractivity contribution in [2.24, 2.45) is 0 Å². The monoisotopic (exact) mass is 280 g/mol. The van der Waals surface area contributed by atoms with Gasteiger partial charge in [0.1, 0.15) is 0 Å². The van der Waals surface area contributed by atoms with Crippen molar-refractivity contribution in [2.45, 2.75) is 13.5 Å². The van der Waals surface area contributed by atoms with E-state index in [1.165, 1.54) is 27.1 Å². The van der Waals surface area contributed by atoms with Crippen LogP contribution in [0.2, 0.25) is 0 Å². The van der Waals surface area contributed by atoms with Crippen molar-refractivity contribution in [3.63, 3.8) is 0 Å². The molecule has 0 amide bonds. The smallest absolute Gasteiger partial charge is 0.0724 e. The summed E-state index contributed by atoms with van der Waals surface area (Å²) < 4.78 is 11.0. The maximum absolute atomic E-state index is 5.72. The number of ether oxygens (including phenoxy) is 2. The minimum absolute atomic E-state index is 0.628. The molecule has 0 heterocycles. The van der Waals surface area contributed by atoms with E-state index in [9.17, 15) is 0 Å². The van der Waals surface area contributed by atoms with E-state index < -0.39 is 0 Å². The molecule has 0 atom stereocenters. The molecule has 0 N–H and O–H groups in total. The Hall–Kier alpha value is -1.90. The van der Waals surface area contributed by atoms with Crippen LogP contribution in [0.25, 0.3) is 21.5 Å². The summed E-state index contributed by atoms with van der Waals surface area (Å²) in [6.07, 6.45) is 0. The molecule has 0 spiro atoms. The van der Waals surface area contributed by atoms with Crippen molar-refractivity contribution >= 4 is 21.5 Å². The number of fused-ring (bicyclic) bond motifs is 2. The number of benzene rings is 3. The predicted molar refractivity (Wildman–Crippen MR) is 87.6 cm³/mol. The van der Waals surface area contributed by atoms with Gasteiger partial charge in [-0.05, 0) is 46.2 Å². The fourth-order valence-corrected chi connectivity index (χ4v) is 2.60. The second kappa shape index (κ2) is 6.70. The van der Waals surface area contributed by atoms with Crippen LogP contribution in [0.4, 0.5) is 0 Å². The Labute approximate surface area is 125 Å². The highest BCUT2D eigenvalue weighted by Crippen LogP contribution is 2.25. The Balaban J connectivity index is 1.86. The lowest BCUT2D eigenvalue weighted by Crippen LogP contribution is -2.04. The molecular weight excluding hydrogens is 260 g/mol. The first-order valence-corrected chi connectivity index (χ1v) is 7.44. The van der Waals surface area contributed by atoms with Crippen LogP contribution in [0.1, 0.15) is 12.5 Å². The Kier molecular flexibility index (Phi) is 4.49. The maximum Gasteiger partial charge on any atom is 0.0724 e. The Morgan fingerprint density at radius 1 is 0.762 bits per heavy atom. The molecule has 0 aliphatic rings. The van der Waals surface area contributed by atoms with E-state index in [0.717, 1.165) is 6.61 Å². The van der Waals surface area contributed by atoms with E-state index in [-0.39, 0.29) is 0 Å². The van der Waals surface area contributed by atoms with Gasteiger partial charge >= 0.3 is 0 Å². The fourth-order valence-electron chi connectivity index (χ4n) is 2.60. The molecule has 108 valence electrons. The summed E-state index contributed by atoms with van der Waals surface area (Å²) in [7, 11) is 0. The average molecular weight is 280 g/mol. The van der Waals surface area contributed by atoms with Gasteiger partial charge in [0.15, 0.2) is 0 Å². The highest BCUT2D eigenvalue weighted by molar-refractivity contribution is 5.99. The van der Waals surface area contributed by atoms with Gasteiger partial charge in [-0.25, -0.2) is 0 Å². The van der Waals surface area contributed by atoms with E-state index >= 15 is 0 Å². The van der Waals surface area contributed by atoms with Crippen molar-refractivity contribution in [1.29, 1.82) is 0 Å². The molecule has 3 aromatic carbocycles. The van der Waals surface area contributed by atoms with Gasteiger partial charge in [0, 0.05) is 6.61 Å². The molecule has 3 aromatic rings. The van der Waals surface area contributed by atoms with Crippen LogP contribution >= 0.6 is 0 Å². The lowest BCUT2D eigenvalue weighted by atomic mass is 10.00. The zero-order valence-corrected chi connectivity index (χ0v) is 12.3. The number of hydrogen-bond donors (Lipinski definition) is 0. The molecule has 0 aromatic heterocycles. The quantitative estimate of drug-likeness (QED) is 0.487. The second-order valence-corrected chi connectivity index (χ2v) is 5.09. The fraction of sp³-hybridized carbons (Fsp3) is 0.263. The third-order valence-electron chi connectivity index (χ3n) is 3.67. The lowest BCUT2D eigenvalue weighted by Gasteiger charge is -2.09. The molecule has 0 saturated heterocycles.